The van der Waals surface area contributed by atoms with Gasteiger partial charge in [-0.2, -0.15) is 0 Å². The average molecular weight is 323 g/mol. The Morgan fingerprint density at radius 1 is 0.958 bits per heavy atom. The minimum Gasteiger partial charge on any atom is -0.370 e. The molecule has 0 bridgehead atoms. The van der Waals surface area contributed by atoms with Gasteiger partial charge in [0.15, 0.2) is 0 Å². The molecule has 0 saturated heterocycles. The van der Waals surface area contributed by atoms with Crippen molar-refractivity contribution < 1.29 is 9.47 Å². The van der Waals surface area contributed by atoms with Crippen molar-refractivity contribution in [1.29, 1.82) is 0 Å². The topological polar surface area (TPSA) is 67.2 Å². The van der Waals surface area contributed by atoms with Gasteiger partial charge in [0.05, 0.1) is 25.9 Å². The van der Waals surface area contributed by atoms with Crippen LogP contribution in [0.1, 0.15) is 11.1 Å². The molecule has 0 radical (unpaired) electrons. The van der Waals surface area contributed by atoms with E-state index in [1.807, 2.05) is 60.7 Å². The van der Waals surface area contributed by atoms with E-state index in [-0.39, 0.29) is 18.8 Å². The molecule has 0 aliphatic rings. The van der Waals surface area contributed by atoms with E-state index in [9.17, 15) is 0 Å². The number of rotatable bonds is 10. The number of hydrogen-bond donors (Lipinski definition) is 0. The molecular weight excluding hydrogens is 302 g/mol. The molecule has 0 saturated carbocycles. The van der Waals surface area contributed by atoms with Crippen molar-refractivity contribution in [2.45, 2.75) is 25.4 Å². The second kappa shape index (κ2) is 10.2. The lowest BCUT2D eigenvalue weighted by atomic mass is 10.2. The number of hydrogen-bond acceptors (Lipinski definition) is 3. The molecule has 124 valence electrons. The summed E-state index contributed by atoms with van der Waals surface area (Å²) in [5, 5.41) is 3.64. The van der Waals surface area contributed by atoms with E-state index in [0.29, 0.717) is 13.2 Å². The summed E-state index contributed by atoms with van der Waals surface area (Å²) in [6.45, 7) is 4.87. The predicted octanol–water partition coefficient (Wildman–Crippen LogP) is 4.65. The molecule has 0 heterocycles. The number of benzene rings is 2. The van der Waals surface area contributed by atoms with Crippen molar-refractivity contribution in [3.8, 4) is 0 Å². The largest absolute Gasteiger partial charge is 0.370 e. The Hall–Kier alpha value is -2.59. The predicted molar refractivity (Wildman–Crippen MR) is 94.2 cm³/mol. The lowest BCUT2D eigenvalue weighted by molar-refractivity contribution is -0.0596. The highest BCUT2D eigenvalue weighted by Gasteiger charge is 2.20. The number of nitrogens with zero attached hydrogens (tertiary/aromatic N) is 3. The van der Waals surface area contributed by atoms with Crippen LogP contribution in [0, 0.1) is 0 Å². The van der Waals surface area contributed by atoms with E-state index in [2.05, 4.69) is 16.6 Å². The first-order valence-corrected chi connectivity index (χ1v) is 7.78. The molecule has 0 aliphatic carbocycles. The van der Waals surface area contributed by atoms with Gasteiger partial charge in [0.2, 0.25) is 0 Å². The van der Waals surface area contributed by atoms with Crippen LogP contribution < -0.4 is 0 Å². The van der Waals surface area contributed by atoms with Crippen LogP contribution in [0.2, 0.25) is 0 Å². The van der Waals surface area contributed by atoms with Crippen LogP contribution in [0.3, 0.4) is 0 Å². The zero-order chi connectivity index (χ0) is 17.0. The fourth-order valence-electron chi connectivity index (χ4n) is 2.24. The molecule has 0 aliphatic heterocycles. The normalized spacial score (nSPS) is 12.8. The summed E-state index contributed by atoms with van der Waals surface area (Å²) in [6, 6.07) is 19.7. The maximum absolute atomic E-state index is 8.60. The molecule has 2 aromatic carbocycles. The summed E-state index contributed by atoms with van der Waals surface area (Å²) >= 11 is 0. The van der Waals surface area contributed by atoms with E-state index in [1.165, 1.54) is 0 Å². The second-order valence-electron chi connectivity index (χ2n) is 5.25. The van der Waals surface area contributed by atoms with Gasteiger partial charge in [-0.1, -0.05) is 71.9 Å². The minimum atomic E-state index is -0.387. The van der Waals surface area contributed by atoms with E-state index in [4.69, 9.17) is 15.0 Å². The van der Waals surface area contributed by atoms with Crippen molar-refractivity contribution >= 4 is 0 Å². The Bertz CT molecular complexity index is 655. The Labute approximate surface area is 142 Å². The van der Waals surface area contributed by atoms with Crippen molar-refractivity contribution in [3.05, 3.63) is 94.9 Å². The molecule has 0 amide bonds. The average Bonchev–Trinajstić information content (AvgIpc) is 2.65. The lowest BCUT2D eigenvalue weighted by Gasteiger charge is -2.24. The lowest BCUT2D eigenvalue weighted by Crippen LogP contribution is -2.32. The van der Waals surface area contributed by atoms with Gasteiger partial charge < -0.3 is 9.47 Å². The van der Waals surface area contributed by atoms with Gasteiger partial charge >= 0.3 is 0 Å². The quantitative estimate of drug-likeness (QED) is 0.276. The molecule has 0 aromatic heterocycles. The van der Waals surface area contributed by atoms with Crippen LogP contribution in [0.5, 0.6) is 0 Å². The summed E-state index contributed by atoms with van der Waals surface area (Å²) in [5.74, 6) is 0. The van der Waals surface area contributed by atoms with E-state index >= 15 is 0 Å². The highest BCUT2D eigenvalue weighted by molar-refractivity contribution is 5.14. The molecule has 2 aromatic rings. The third-order valence-corrected chi connectivity index (χ3v) is 3.52. The molecule has 5 heteroatoms. The van der Waals surface area contributed by atoms with Crippen LogP contribution in [-0.2, 0) is 22.7 Å². The van der Waals surface area contributed by atoms with Crippen LogP contribution in [0.4, 0.5) is 0 Å². The van der Waals surface area contributed by atoms with Crippen LogP contribution in [0.25, 0.3) is 10.4 Å². The van der Waals surface area contributed by atoms with Crippen molar-refractivity contribution in [3.63, 3.8) is 0 Å². The standard InChI is InChI=1S/C19H21N3O2/c1-2-18(23-14-16-9-5-3-6-10-16)19(13-21-22-20)24-15-17-11-7-4-8-12-17/h2-12,18-19H,1,13-15H2/t18-,19?/m0/s1. The van der Waals surface area contributed by atoms with E-state index in [0.717, 1.165) is 11.1 Å². The van der Waals surface area contributed by atoms with E-state index in [1.54, 1.807) is 6.08 Å². The summed E-state index contributed by atoms with van der Waals surface area (Å²) < 4.78 is 11.8. The van der Waals surface area contributed by atoms with Crippen molar-refractivity contribution in [2.24, 2.45) is 5.11 Å². The molecule has 5 nitrogen and oxygen atoms in total. The van der Waals surface area contributed by atoms with Gasteiger partial charge in [0.25, 0.3) is 0 Å². The van der Waals surface area contributed by atoms with Crippen LogP contribution in [-0.4, -0.2) is 18.8 Å². The Kier molecular flexibility index (Phi) is 7.57. The highest BCUT2D eigenvalue weighted by Crippen LogP contribution is 2.13. The van der Waals surface area contributed by atoms with Crippen molar-refractivity contribution in [2.75, 3.05) is 6.54 Å². The van der Waals surface area contributed by atoms with E-state index < -0.39 is 0 Å². The van der Waals surface area contributed by atoms with Crippen LogP contribution >= 0.6 is 0 Å². The third kappa shape index (κ3) is 5.89. The minimum absolute atomic E-state index is 0.189. The van der Waals surface area contributed by atoms with Gasteiger partial charge in [-0.15, -0.1) is 6.58 Å². The first kappa shape index (κ1) is 17.8. The van der Waals surface area contributed by atoms with Crippen molar-refractivity contribution in [1.82, 2.24) is 0 Å². The van der Waals surface area contributed by atoms with Gasteiger partial charge in [-0.25, -0.2) is 0 Å². The smallest absolute Gasteiger partial charge is 0.102 e. The molecule has 0 fully saturated rings. The second-order valence-corrected chi connectivity index (χ2v) is 5.25. The fraction of sp³-hybridized carbons (Fsp3) is 0.263. The molecule has 0 spiro atoms. The zero-order valence-corrected chi connectivity index (χ0v) is 13.5. The number of azide groups is 1. The van der Waals surface area contributed by atoms with Gasteiger partial charge in [-0.3, -0.25) is 0 Å². The third-order valence-electron chi connectivity index (χ3n) is 3.52. The summed E-state index contributed by atoms with van der Waals surface area (Å²) in [6.07, 6.45) is 0.938. The monoisotopic (exact) mass is 323 g/mol. The molecule has 24 heavy (non-hydrogen) atoms. The Balaban J connectivity index is 1.97. The Morgan fingerprint density at radius 3 is 2.00 bits per heavy atom. The van der Waals surface area contributed by atoms with Crippen LogP contribution in [0.15, 0.2) is 78.4 Å². The SMILES string of the molecule is C=C[C@H](OCc1ccccc1)C(CN=[N+]=[N-])OCc1ccccc1. The summed E-state index contributed by atoms with van der Waals surface area (Å²) in [7, 11) is 0. The first-order chi connectivity index (χ1) is 11.8. The first-order valence-electron chi connectivity index (χ1n) is 7.78. The van der Waals surface area contributed by atoms with Gasteiger partial charge in [0, 0.05) is 4.91 Å². The molecule has 0 N–H and O–H groups in total. The molecule has 2 rings (SSSR count). The van der Waals surface area contributed by atoms with Gasteiger partial charge in [0.1, 0.15) is 6.10 Å². The van der Waals surface area contributed by atoms with Gasteiger partial charge in [-0.05, 0) is 16.7 Å². The zero-order valence-electron chi connectivity index (χ0n) is 13.5. The summed E-state index contributed by atoms with van der Waals surface area (Å²) in [4.78, 5) is 2.82. The highest BCUT2D eigenvalue weighted by atomic mass is 16.5. The number of ether oxygens (including phenoxy) is 2. The fourth-order valence-corrected chi connectivity index (χ4v) is 2.24. The maximum Gasteiger partial charge on any atom is 0.102 e. The molecule has 1 unspecified atom stereocenters. The molecular formula is C19H21N3O2. The Morgan fingerprint density at radius 2 is 1.50 bits per heavy atom. The maximum atomic E-state index is 8.60. The summed E-state index contributed by atoms with van der Waals surface area (Å²) in [5.41, 5.74) is 10.7. The molecule has 2 atom stereocenters.